The number of methoxy groups -OCH3 is 1. The quantitative estimate of drug-likeness (QED) is 0.632. The summed E-state index contributed by atoms with van der Waals surface area (Å²) >= 11 is 1.19. The topological polar surface area (TPSA) is 82.4 Å². The van der Waals surface area contributed by atoms with Crippen LogP contribution in [0.3, 0.4) is 0 Å². The number of hydrogen-bond acceptors (Lipinski definition) is 5. The summed E-state index contributed by atoms with van der Waals surface area (Å²) < 4.78 is 5.23. The highest BCUT2D eigenvalue weighted by Crippen LogP contribution is 2.37. The van der Waals surface area contributed by atoms with Crippen LogP contribution >= 0.6 is 11.8 Å². The first-order chi connectivity index (χ1) is 13.5. The molecule has 0 unspecified atom stereocenters. The molecule has 0 aromatic heterocycles. The molecule has 0 spiro atoms. The van der Waals surface area contributed by atoms with E-state index in [4.69, 9.17) is 4.74 Å². The highest BCUT2D eigenvalue weighted by atomic mass is 32.2. The summed E-state index contributed by atoms with van der Waals surface area (Å²) in [7, 11) is 1.50. The Labute approximate surface area is 167 Å². The van der Waals surface area contributed by atoms with Crippen LogP contribution in [0, 0.1) is 25.2 Å². The SMILES string of the molecule is COc1ccccc1NC(=O)/C(C#N)=C1\SCC(=O)N1c1ccc(C)c(C)c1. The van der Waals surface area contributed by atoms with Gasteiger partial charge in [-0.05, 0) is 49.2 Å². The molecule has 2 aromatic rings. The molecule has 0 saturated carbocycles. The Morgan fingerprint density at radius 1 is 1.21 bits per heavy atom. The van der Waals surface area contributed by atoms with Gasteiger partial charge in [0.05, 0.1) is 18.6 Å². The Hall–Kier alpha value is -3.24. The molecule has 0 bridgehead atoms. The van der Waals surface area contributed by atoms with E-state index in [1.165, 1.54) is 23.8 Å². The van der Waals surface area contributed by atoms with Crippen molar-refractivity contribution in [2.75, 3.05) is 23.1 Å². The molecule has 1 aliphatic rings. The van der Waals surface area contributed by atoms with Crippen LogP contribution in [0.5, 0.6) is 5.75 Å². The standard InChI is InChI=1S/C21H19N3O3S/c1-13-8-9-15(10-14(13)2)24-19(25)12-28-21(24)16(11-22)20(26)23-17-6-4-5-7-18(17)27-3/h4-10H,12H2,1-3H3,(H,23,26)/b21-16-. The van der Waals surface area contributed by atoms with Gasteiger partial charge in [0.2, 0.25) is 5.91 Å². The van der Waals surface area contributed by atoms with E-state index in [2.05, 4.69) is 5.32 Å². The van der Waals surface area contributed by atoms with Gasteiger partial charge >= 0.3 is 0 Å². The Morgan fingerprint density at radius 2 is 1.96 bits per heavy atom. The maximum Gasteiger partial charge on any atom is 0.269 e. The summed E-state index contributed by atoms with van der Waals surface area (Å²) in [6, 6.07) is 14.5. The van der Waals surface area contributed by atoms with E-state index < -0.39 is 5.91 Å². The molecule has 0 aliphatic carbocycles. The third-order valence-electron chi connectivity index (χ3n) is 4.44. The normalized spacial score (nSPS) is 15.2. The first-order valence-corrected chi connectivity index (χ1v) is 9.56. The van der Waals surface area contributed by atoms with Crippen LogP contribution in [0.2, 0.25) is 0 Å². The highest BCUT2D eigenvalue weighted by molar-refractivity contribution is 8.04. The number of thioether (sulfide) groups is 1. The molecule has 1 fully saturated rings. The lowest BCUT2D eigenvalue weighted by Crippen LogP contribution is -2.27. The van der Waals surface area contributed by atoms with E-state index in [9.17, 15) is 14.9 Å². The number of rotatable bonds is 4. The van der Waals surface area contributed by atoms with Gasteiger partial charge in [0.15, 0.2) is 0 Å². The summed E-state index contributed by atoms with van der Waals surface area (Å²) in [5.74, 6) is -0.0894. The number of para-hydroxylation sites is 2. The average molecular weight is 393 g/mol. The average Bonchev–Trinajstić information content (AvgIpc) is 3.06. The molecule has 142 valence electrons. The molecule has 2 aromatic carbocycles. The van der Waals surface area contributed by atoms with Gasteiger partial charge in [-0.25, -0.2) is 0 Å². The predicted octanol–water partition coefficient (Wildman–Crippen LogP) is 3.77. The van der Waals surface area contributed by atoms with E-state index >= 15 is 0 Å². The monoisotopic (exact) mass is 393 g/mol. The van der Waals surface area contributed by atoms with Crippen molar-refractivity contribution in [2.45, 2.75) is 13.8 Å². The van der Waals surface area contributed by atoms with Gasteiger partial charge in [-0.2, -0.15) is 5.26 Å². The molecule has 1 aliphatic heterocycles. The van der Waals surface area contributed by atoms with Crippen molar-refractivity contribution < 1.29 is 14.3 Å². The molecule has 7 heteroatoms. The lowest BCUT2D eigenvalue weighted by atomic mass is 10.1. The molecule has 1 N–H and O–H groups in total. The van der Waals surface area contributed by atoms with E-state index in [0.29, 0.717) is 22.2 Å². The number of nitrogens with one attached hydrogen (secondary N) is 1. The molecule has 28 heavy (non-hydrogen) atoms. The van der Waals surface area contributed by atoms with Crippen molar-refractivity contribution in [3.8, 4) is 11.8 Å². The van der Waals surface area contributed by atoms with Crippen LogP contribution < -0.4 is 15.0 Å². The Morgan fingerprint density at radius 3 is 2.64 bits per heavy atom. The van der Waals surface area contributed by atoms with Gasteiger partial charge in [0.1, 0.15) is 22.4 Å². The fourth-order valence-electron chi connectivity index (χ4n) is 2.81. The largest absolute Gasteiger partial charge is 0.495 e. The zero-order valence-electron chi connectivity index (χ0n) is 15.8. The molecule has 1 heterocycles. The van der Waals surface area contributed by atoms with E-state index in [1.54, 1.807) is 24.3 Å². The number of carbonyl (C=O) groups is 2. The summed E-state index contributed by atoms with van der Waals surface area (Å²) in [4.78, 5) is 26.7. The van der Waals surface area contributed by atoms with Crippen molar-refractivity contribution in [3.05, 3.63) is 64.2 Å². The minimum Gasteiger partial charge on any atom is -0.495 e. The lowest BCUT2D eigenvalue weighted by molar-refractivity contribution is -0.115. The maximum absolute atomic E-state index is 12.8. The number of benzene rings is 2. The van der Waals surface area contributed by atoms with E-state index in [-0.39, 0.29) is 17.2 Å². The second-order valence-electron chi connectivity index (χ2n) is 6.23. The summed E-state index contributed by atoms with van der Waals surface area (Å²) in [6.45, 7) is 3.94. The van der Waals surface area contributed by atoms with Gasteiger partial charge in [0, 0.05) is 5.69 Å². The number of aryl methyl sites for hydroxylation is 2. The fraction of sp³-hybridized carbons (Fsp3) is 0.190. The minimum absolute atomic E-state index is 0.111. The summed E-state index contributed by atoms with van der Waals surface area (Å²) in [5.41, 5.74) is 3.11. The summed E-state index contributed by atoms with van der Waals surface area (Å²) in [6.07, 6.45) is 0. The van der Waals surface area contributed by atoms with Crippen molar-refractivity contribution in [3.63, 3.8) is 0 Å². The van der Waals surface area contributed by atoms with E-state index in [0.717, 1.165) is 11.1 Å². The molecule has 2 amide bonds. The molecule has 3 rings (SSSR count). The number of nitrogens with zero attached hydrogens (tertiary/aromatic N) is 2. The first-order valence-electron chi connectivity index (χ1n) is 8.58. The van der Waals surface area contributed by atoms with Gasteiger partial charge in [0.25, 0.3) is 5.91 Å². The van der Waals surface area contributed by atoms with Gasteiger partial charge in [-0.15, -0.1) is 0 Å². The lowest BCUT2D eigenvalue weighted by Gasteiger charge is -2.19. The molecule has 0 atom stereocenters. The molecule has 6 nitrogen and oxygen atoms in total. The third-order valence-corrected chi connectivity index (χ3v) is 5.49. The third kappa shape index (κ3) is 3.73. The van der Waals surface area contributed by atoms with Crippen LogP contribution in [-0.4, -0.2) is 24.7 Å². The van der Waals surface area contributed by atoms with Crippen LogP contribution in [0.1, 0.15) is 11.1 Å². The molecular formula is C21H19N3O3S. The van der Waals surface area contributed by atoms with Crippen molar-refractivity contribution >= 4 is 35.0 Å². The zero-order valence-corrected chi connectivity index (χ0v) is 16.6. The molecular weight excluding hydrogens is 374 g/mol. The summed E-state index contributed by atoms with van der Waals surface area (Å²) in [5, 5.41) is 12.7. The molecule has 0 radical (unpaired) electrons. The van der Waals surface area contributed by atoms with Gasteiger partial charge < -0.3 is 10.1 Å². The van der Waals surface area contributed by atoms with Crippen LogP contribution in [0.4, 0.5) is 11.4 Å². The predicted molar refractivity (Wildman–Crippen MR) is 110 cm³/mol. The Bertz CT molecular complexity index is 1020. The maximum atomic E-state index is 12.8. The second-order valence-corrected chi connectivity index (χ2v) is 7.20. The first kappa shape index (κ1) is 19.5. The van der Waals surface area contributed by atoms with Crippen molar-refractivity contribution in [1.29, 1.82) is 5.26 Å². The van der Waals surface area contributed by atoms with Crippen LogP contribution in [-0.2, 0) is 9.59 Å². The number of carbonyl (C=O) groups excluding carboxylic acids is 2. The number of amides is 2. The van der Waals surface area contributed by atoms with Crippen molar-refractivity contribution in [2.24, 2.45) is 0 Å². The number of ether oxygens (including phenoxy) is 1. The Kier molecular flexibility index (Phi) is 5.71. The van der Waals surface area contributed by atoms with Crippen LogP contribution in [0.25, 0.3) is 0 Å². The minimum atomic E-state index is -0.585. The number of hydrogen-bond donors (Lipinski definition) is 1. The van der Waals surface area contributed by atoms with E-state index in [1.807, 2.05) is 38.1 Å². The fourth-order valence-corrected chi connectivity index (χ4v) is 3.82. The highest BCUT2D eigenvalue weighted by Gasteiger charge is 2.33. The van der Waals surface area contributed by atoms with Gasteiger partial charge in [-0.3, -0.25) is 14.5 Å². The zero-order chi connectivity index (χ0) is 20.3. The Balaban J connectivity index is 1.99. The number of nitriles is 1. The van der Waals surface area contributed by atoms with Gasteiger partial charge in [-0.1, -0.05) is 30.0 Å². The van der Waals surface area contributed by atoms with Crippen molar-refractivity contribution in [1.82, 2.24) is 0 Å². The van der Waals surface area contributed by atoms with Crippen LogP contribution in [0.15, 0.2) is 53.1 Å². The smallest absolute Gasteiger partial charge is 0.269 e. The second kappa shape index (κ2) is 8.19. The number of anilines is 2. The molecule has 1 saturated heterocycles.